The average molecular weight is 459 g/mol. The molecule has 5 nitrogen and oxygen atoms in total. The second-order valence-electron chi connectivity index (χ2n) is 7.68. The average Bonchev–Trinajstić information content (AvgIpc) is 2.76. The summed E-state index contributed by atoms with van der Waals surface area (Å²) < 4.78 is 29.2. The van der Waals surface area contributed by atoms with Crippen molar-refractivity contribution >= 4 is 17.2 Å². The molecular formula is C24H21ClF2N2O3. The third kappa shape index (κ3) is 4.99. The summed E-state index contributed by atoms with van der Waals surface area (Å²) in [4.78, 5) is 29.7. The van der Waals surface area contributed by atoms with Gasteiger partial charge in [-0.15, -0.1) is 0 Å². The van der Waals surface area contributed by atoms with Gasteiger partial charge in [0.05, 0.1) is 5.02 Å². The number of halogens is 3. The second-order valence-corrected chi connectivity index (χ2v) is 8.09. The standard InChI is InChI=1S/C24H21ClF2N2O3/c25-20-13-17(32-23(26)27)10-11-18(20)15-6-8-16(9-7-15)21-19(22(30)29-24(31)28-21)12-14-4-2-1-3-5-14/h1-6,10-11,13,16,23H,7-9,12H2,(H2,28,29,30,31). The molecule has 0 aliphatic heterocycles. The minimum absolute atomic E-state index is 0.00896. The van der Waals surface area contributed by atoms with Gasteiger partial charge in [0.15, 0.2) is 0 Å². The van der Waals surface area contributed by atoms with Crippen molar-refractivity contribution in [3.05, 3.63) is 103 Å². The zero-order valence-electron chi connectivity index (χ0n) is 17.0. The van der Waals surface area contributed by atoms with Gasteiger partial charge in [-0.2, -0.15) is 8.78 Å². The lowest BCUT2D eigenvalue weighted by Gasteiger charge is -2.24. The van der Waals surface area contributed by atoms with Crippen molar-refractivity contribution in [2.75, 3.05) is 0 Å². The number of hydrogen-bond acceptors (Lipinski definition) is 3. The van der Waals surface area contributed by atoms with Gasteiger partial charge in [-0.3, -0.25) is 9.78 Å². The first kappa shape index (κ1) is 22.0. The molecule has 8 heteroatoms. The number of ether oxygens (including phenoxy) is 1. The van der Waals surface area contributed by atoms with Crippen LogP contribution in [0.25, 0.3) is 5.57 Å². The fraction of sp³-hybridized carbons (Fsp3) is 0.250. The molecule has 2 N–H and O–H groups in total. The molecule has 1 aromatic heterocycles. The van der Waals surface area contributed by atoms with E-state index in [0.29, 0.717) is 42.0 Å². The van der Waals surface area contributed by atoms with E-state index in [2.05, 4.69) is 14.7 Å². The van der Waals surface area contributed by atoms with Gasteiger partial charge in [-0.25, -0.2) is 4.79 Å². The largest absolute Gasteiger partial charge is 0.435 e. The Labute approximate surface area is 187 Å². The van der Waals surface area contributed by atoms with Gasteiger partial charge in [0, 0.05) is 23.6 Å². The van der Waals surface area contributed by atoms with Crippen LogP contribution in [0.4, 0.5) is 8.78 Å². The second kappa shape index (κ2) is 9.53. The van der Waals surface area contributed by atoms with E-state index in [4.69, 9.17) is 11.6 Å². The number of rotatable bonds is 6. The van der Waals surface area contributed by atoms with Gasteiger partial charge in [0.2, 0.25) is 0 Å². The quantitative estimate of drug-likeness (QED) is 0.529. The number of allylic oxidation sites excluding steroid dienone is 2. The van der Waals surface area contributed by atoms with Crippen LogP contribution >= 0.6 is 11.6 Å². The first-order valence-corrected chi connectivity index (χ1v) is 10.6. The molecular weight excluding hydrogens is 438 g/mol. The van der Waals surface area contributed by atoms with E-state index < -0.39 is 12.3 Å². The smallest absolute Gasteiger partial charge is 0.387 e. The van der Waals surface area contributed by atoms with Crippen LogP contribution in [0.1, 0.15) is 47.6 Å². The Kier molecular flexibility index (Phi) is 6.55. The lowest BCUT2D eigenvalue weighted by Crippen LogP contribution is -2.30. The van der Waals surface area contributed by atoms with Crippen LogP contribution in [-0.4, -0.2) is 16.6 Å². The van der Waals surface area contributed by atoms with E-state index >= 15 is 0 Å². The van der Waals surface area contributed by atoms with Gasteiger partial charge in [0.1, 0.15) is 5.75 Å². The lowest BCUT2D eigenvalue weighted by molar-refractivity contribution is -0.0498. The summed E-state index contributed by atoms with van der Waals surface area (Å²) >= 11 is 6.30. The summed E-state index contributed by atoms with van der Waals surface area (Å²) in [6, 6.07) is 14.1. The Morgan fingerprint density at radius 1 is 1.09 bits per heavy atom. The molecule has 0 radical (unpaired) electrons. The maximum Gasteiger partial charge on any atom is 0.387 e. The van der Waals surface area contributed by atoms with E-state index in [-0.39, 0.29) is 17.2 Å². The Morgan fingerprint density at radius 3 is 2.53 bits per heavy atom. The summed E-state index contributed by atoms with van der Waals surface area (Å²) in [6.07, 6.45) is 4.43. The molecule has 32 heavy (non-hydrogen) atoms. The topological polar surface area (TPSA) is 75.0 Å². The van der Waals surface area contributed by atoms with Crippen LogP contribution in [-0.2, 0) is 6.42 Å². The summed E-state index contributed by atoms with van der Waals surface area (Å²) in [5, 5.41) is 0.335. The molecule has 1 aliphatic rings. The fourth-order valence-corrected chi connectivity index (χ4v) is 4.42. The molecule has 1 unspecified atom stereocenters. The van der Waals surface area contributed by atoms with Gasteiger partial charge in [0.25, 0.3) is 5.56 Å². The first-order chi connectivity index (χ1) is 15.4. The van der Waals surface area contributed by atoms with Crippen molar-refractivity contribution in [3.63, 3.8) is 0 Å². The number of benzene rings is 2. The Morgan fingerprint density at radius 2 is 1.88 bits per heavy atom. The minimum Gasteiger partial charge on any atom is -0.435 e. The molecule has 3 aromatic rings. The molecule has 0 saturated heterocycles. The minimum atomic E-state index is -2.91. The van der Waals surface area contributed by atoms with Crippen LogP contribution in [0.2, 0.25) is 5.02 Å². The number of hydrogen-bond donors (Lipinski definition) is 2. The Hall–Kier alpha value is -3.19. The van der Waals surface area contributed by atoms with E-state index in [0.717, 1.165) is 16.7 Å². The summed E-state index contributed by atoms with van der Waals surface area (Å²) in [6.45, 7) is -2.91. The molecule has 0 amide bonds. The highest BCUT2D eigenvalue weighted by Crippen LogP contribution is 2.39. The van der Waals surface area contributed by atoms with Crippen LogP contribution in [0.3, 0.4) is 0 Å². The summed E-state index contributed by atoms with van der Waals surface area (Å²) in [7, 11) is 0. The molecule has 4 rings (SSSR count). The first-order valence-electron chi connectivity index (χ1n) is 10.2. The van der Waals surface area contributed by atoms with Gasteiger partial charge >= 0.3 is 12.3 Å². The van der Waals surface area contributed by atoms with Crippen LogP contribution < -0.4 is 16.0 Å². The van der Waals surface area contributed by atoms with E-state index in [1.807, 2.05) is 36.4 Å². The number of nitrogens with one attached hydrogen (secondary N) is 2. The molecule has 1 heterocycles. The van der Waals surface area contributed by atoms with Crippen molar-refractivity contribution in [1.29, 1.82) is 0 Å². The molecule has 0 fully saturated rings. The van der Waals surface area contributed by atoms with Crippen LogP contribution in [0.15, 0.2) is 64.2 Å². The normalized spacial score (nSPS) is 16.1. The van der Waals surface area contributed by atoms with Crippen LogP contribution in [0.5, 0.6) is 5.75 Å². The molecule has 0 saturated carbocycles. The van der Waals surface area contributed by atoms with Crippen molar-refractivity contribution in [1.82, 2.24) is 9.97 Å². The number of aromatic nitrogens is 2. The Balaban J connectivity index is 1.59. The van der Waals surface area contributed by atoms with E-state index in [1.165, 1.54) is 12.1 Å². The zero-order chi connectivity index (χ0) is 22.7. The number of alkyl halides is 2. The highest BCUT2D eigenvalue weighted by atomic mass is 35.5. The maximum atomic E-state index is 12.6. The Bertz CT molecular complexity index is 1250. The highest BCUT2D eigenvalue weighted by Gasteiger charge is 2.23. The third-order valence-electron chi connectivity index (χ3n) is 5.63. The zero-order valence-corrected chi connectivity index (χ0v) is 17.8. The fourth-order valence-electron chi connectivity index (χ4n) is 4.13. The molecule has 166 valence electrons. The molecule has 2 aromatic carbocycles. The molecule has 1 aliphatic carbocycles. The van der Waals surface area contributed by atoms with Crippen molar-refractivity contribution in [2.24, 2.45) is 0 Å². The van der Waals surface area contributed by atoms with Crippen molar-refractivity contribution < 1.29 is 13.5 Å². The van der Waals surface area contributed by atoms with Gasteiger partial charge < -0.3 is 9.72 Å². The summed E-state index contributed by atoms with van der Waals surface area (Å²) in [5.74, 6) is -0.0117. The number of H-pyrrole nitrogens is 2. The predicted octanol–water partition coefficient (Wildman–Crippen LogP) is 5.26. The predicted molar refractivity (Wildman–Crippen MR) is 120 cm³/mol. The number of aromatic amines is 2. The molecule has 1 atom stereocenters. The van der Waals surface area contributed by atoms with E-state index in [9.17, 15) is 18.4 Å². The summed E-state index contributed by atoms with van der Waals surface area (Å²) in [5.41, 5.74) is 3.06. The highest BCUT2D eigenvalue weighted by molar-refractivity contribution is 6.32. The van der Waals surface area contributed by atoms with Crippen molar-refractivity contribution in [2.45, 2.75) is 38.2 Å². The lowest BCUT2D eigenvalue weighted by atomic mass is 9.83. The van der Waals surface area contributed by atoms with Crippen LogP contribution in [0, 0.1) is 0 Å². The molecule has 0 bridgehead atoms. The van der Waals surface area contributed by atoms with Crippen molar-refractivity contribution in [3.8, 4) is 5.75 Å². The van der Waals surface area contributed by atoms with E-state index in [1.54, 1.807) is 6.07 Å². The van der Waals surface area contributed by atoms with Gasteiger partial charge in [-0.1, -0.05) is 48.0 Å². The maximum absolute atomic E-state index is 12.6. The monoisotopic (exact) mass is 458 g/mol. The third-order valence-corrected chi connectivity index (χ3v) is 5.94. The van der Waals surface area contributed by atoms with Gasteiger partial charge in [-0.05, 0) is 54.2 Å². The SMILES string of the molecule is O=c1[nH]c(C2CC=C(c3ccc(OC(F)F)cc3Cl)CC2)c(Cc2ccccc2)c(=O)[nH]1. The molecule has 0 spiro atoms.